The van der Waals surface area contributed by atoms with Crippen molar-refractivity contribution in [1.29, 1.82) is 0 Å². The number of benzene rings is 1. The highest BCUT2D eigenvalue weighted by molar-refractivity contribution is 5.38. The van der Waals surface area contributed by atoms with Crippen molar-refractivity contribution in [2.75, 3.05) is 0 Å². The Balaban J connectivity index is 0.000000561. The van der Waals surface area contributed by atoms with Gasteiger partial charge in [-0.25, -0.2) is 4.39 Å². The molecule has 68 valence electrons. The van der Waals surface area contributed by atoms with Crippen LogP contribution < -0.4 is 0 Å². The standard InChI is InChI=1S/C8H9FO.C2H6/c1-5-3-4-7(9)8(10)6(5)2;1-2/h3-4,10H,1-2H3;1-2H3. The molecule has 0 aliphatic heterocycles. The van der Waals surface area contributed by atoms with E-state index in [0.29, 0.717) is 5.56 Å². The molecule has 0 unspecified atom stereocenters. The monoisotopic (exact) mass is 170 g/mol. The molecule has 0 bridgehead atoms. The highest BCUT2D eigenvalue weighted by Crippen LogP contribution is 2.22. The van der Waals surface area contributed by atoms with Crippen molar-refractivity contribution in [2.24, 2.45) is 0 Å². The quantitative estimate of drug-likeness (QED) is 0.634. The molecule has 0 heterocycles. The molecule has 1 rings (SSSR count). The molecule has 0 amide bonds. The van der Waals surface area contributed by atoms with Gasteiger partial charge >= 0.3 is 0 Å². The summed E-state index contributed by atoms with van der Waals surface area (Å²) in [5.74, 6) is -0.789. The Kier molecular flexibility index (Phi) is 4.34. The van der Waals surface area contributed by atoms with Gasteiger partial charge in [0, 0.05) is 0 Å². The Morgan fingerprint density at radius 1 is 1.17 bits per heavy atom. The van der Waals surface area contributed by atoms with Gasteiger partial charge in [-0.3, -0.25) is 0 Å². The molecule has 0 atom stereocenters. The average molecular weight is 170 g/mol. The lowest BCUT2D eigenvalue weighted by atomic mass is 10.1. The van der Waals surface area contributed by atoms with E-state index in [1.165, 1.54) is 6.07 Å². The normalized spacial score (nSPS) is 8.75. The van der Waals surface area contributed by atoms with Crippen LogP contribution in [0, 0.1) is 19.7 Å². The van der Waals surface area contributed by atoms with Gasteiger partial charge in [0.05, 0.1) is 0 Å². The van der Waals surface area contributed by atoms with Crippen LogP contribution in [0.1, 0.15) is 25.0 Å². The molecule has 1 aromatic rings. The van der Waals surface area contributed by atoms with E-state index in [0.717, 1.165) is 5.56 Å². The molecule has 0 aliphatic rings. The molecule has 0 radical (unpaired) electrons. The summed E-state index contributed by atoms with van der Waals surface area (Å²) in [6.45, 7) is 7.52. The Hall–Kier alpha value is -1.05. The van der Waals surface area contributed by atoms with Crippen molar-refractivity contribution in [1.82, 2.24) is 0 Å². The summed E-state index contributed by atoms with van der Waals surface area (Å²) in [4.78, 5) is 0. The zero-order valence-electron chi connectivity index (χ0n) is 7.98. The van der Waals surface area contributed by atoms with Crippen molar-refractivity contribution in [3.05, 3.63) is 29.1 Å². The summed E-state index contributed by atoms with van der Waals surface area (Å²) in [6.07, 6.45) is 0. The smallest absolute Gasteiger partial charge is 0.165 e. The van der Waals surface area contributed by atoms with Gasteiger partial charge in [0.25, 0.3) is 0 Å². The number of hydrogen-bond donors (Lipinski definition) is 1. The van der Waals surface area contributed by atoms with Gasteiger partial charge < -0.3 is 5.11 Å². The fourth-order valence-electron chi connectivity index (χ4n) is 0.768. The summed E-state index contributed by atoms with van der Waals surface area (Å²) in [5, 5.41) is 9.01. The second-order valence-corrected chi connectivity index (χ2v) is 2.34. The van der Waals surface area contributed by atoms with Gasteiger partial charge in [-0.1, -0.05) is 19.9 Å². The number of aromatic hydroxyl groups is 1. The first-order chi connectivity index (χ1) is 5.63. The number of phenols is 1. The molecule has 0 spiro atoms. The van der Waals surface area contributed by atoms with Crippen LogP contribution in [0.25, 0.3) is 0 Å². The Labute approximate surface area is 72.9 Å². The fraction of sp³-hybridized carbons (Fsp3) is 0.400. The van der Waals surface area contributed by atoms with Crippen LogP contribution >= 0.6 is 0 Å². The first kappa shape index (κ1) is 11.0. The van der Waals surface area contributed by atoms with Gasteiger partial charge in [-0.05, 0) is 31.0 Å². The minimum Gasteiger partial charge on any atom is -0.505 e. The number of aryl methyl sites for hydroxylation is 1. The van der Waals surface area contributed by atoms with Crippen LogP contribution in [-0.2, 0) is 0 Å². The summed E-state index contributed by atoms with van der Waals surface area (Å²) < 4.78 is 12.5. The third-order valence-corrected chi connectivity index (χ3v) is 1.65. The molecule has 0 aliphatic carbocycles. The Morgan fingerprint density at radius 2 is 1.67 bits per heavy atom. The zero-order chi connectivity index (χ0) is 9.72. The molecule has 12 heavy (non-hydrogen) atoms. The summed E-state index contributed by atoms with van der Waals surface area (Å²) in [7, 11) is 0. The number of phenolic OH excluding ortho intramolecular Hbond substituents is 1. The van der Waals surface area contributed by atoms with E-state index in [4.69, 9.17) is 5.11 Å². The van der Waals surface area contributed by atoms with Crippen LogP contribution in [-0.4, -0.2) is 5.11 Å². The Bertz CT molecular complexity index is 229. The van der Waals surface area contributed by atoms with Crippen LogP contribution in [0.4, 0.5) is 4.39 Å². The molecule has 1 aromatic carbocycles. The third-order valence-electron chi connectivity index (χ3n) is 1.65. The lowest BCUT2D eigenvalue weighted by Crippen LogP contribution is -1.84. The maximum Gasteiger partial charge on any atom is 0.165 e. The fourth-order valence-corrected chi connectivity index (χ4v) is 0.768. The minimum absolute atomic E-state index is 0.236. The van der Waals surface area contributed by atoms with Crippen LogP contribution in [0.5, 0.6) is 5.75 Å². The first-order valence-electron chi connectivity index (χ1n) is 4.07. The van der Waals surface area contributed by atoms with Crippen LogP contribution in [0.15, 0.2) is 12.1 Å². The molecule has 1 N–H and O–H groups in total. The highest BCUT2D eigenvalue weighted by atomic mass is 19.1. The predicted octanol–water partition coefficient (Wildman–Crippen LogP) is 3.17. The lowest BCUT2D eigenvalue weighted by Gasteiger charge is -2.01. The Morgan fingerprint density at radius 3 is 2.08 bits per heavy atom. The molecule has 0 aromatic heterocycles. The first-order valence-corrected chi connectivity index (χ1v) is 4.07. The molecular formula is C10H15FO. The number of hydrogen-bond acceptors (Lipinski definition) is 1. The van der Waals surface area contributed by atoms with E-state index in [-0.39, 0.29) is 5.75 Å². The molecule has 0 fully saturated rings. The predicted molar refractivity (Wildman–Crippen MR) is 48.9 cm³/mol. The van der Waals surface area contributed by atoms with E-state index in [9.17, 15) is 4.39 Å². The third kappa shape index (κ3) is 2.22. The summed E-state index contributed by atoms with van der Waals surface area (Å²) in [6, 6.07) is 2.90. The van der Waals surface area contributed by atoms with Gasteiger partial charge in [-0.2, -0.15) is 0 Å². The summed E-state index contributed by atoms with van der Waals surface area (Å²) in [5.41, 5.74) is 1.51. The highest BCUT2D eigenvalue weighted by Gasteiger charge is 2.03. The average Bonchev–Trinajstić information content (AvgIpc) is 2.12. The number of rotatable bonds is 0. The SMILES string of the molecule is CC.Cc1ccc(F)c(O)c1C. The van der Waals surface area contributed by atoms with Gasteiger partial charge in [0.2, 0.25) is 0 Å². The second-order valence-electron chi connectivity index (χ2n) is 2.34. The van der Waals surface area contributed by atoms with E-state index >= 15 is 0 Å². The molecule has 1 nitrogen and oxygen atoms in total. The van der Waals surface area contributed by atoms with Gasteiger partial charge in [-0.15, -0.1) is 0 Å². The van der Waals surface area contributed by atoms with Crippen molar-refractivity contribution in [3.8, 4) is 5.75 Å². The topological polar surface area (TPSA) is 20.2 Å². The lowest BCUT2D eigenvalue weighted by molar-refractivity contribution is 0.428. The van der Waals surface area contributed by atoms with Gasteiger partial charge in [0.15, 0.2) is 11.6 Å². The molecule has 0 saturated carbocycles. The number of halogens is 1. The van der Waals surface area contributed by atoms with E-state index < -0.39 is 5.82 Å². The van der Waals surface area contributed by atoms with Crippen molar-refractivity contribution < 1.29 is 9.50 Å². The van der Waals surface area contributed by atoms with Crippen LogP contribution in [0.2, 0.25) is 0 Å². The zero-order valence-corrected chi connectivity index (χ0v) is 7.98. The molecular weight excluding hydrogens is 155 g/mol. The maximum absolute atomic E-state index is 12.5. The largest absolute Gasteiger partial charge is 0.505 e. The van der Waals surface area contributed by atoms with Crippen molar-refractivity contribution in [3.63, 3.8) is 0 Å². The minimum atomic E-state index is -0.553. The van der Waals surface area contributed by atoms with E-state index in [2.05, 4.69) is 0 Å². The van der Waals surface area contributed by atoms with Crippen molar-refractivity contribution in [2.45, 2.75) is 27.7 Å². The molecule has 2 heteroatoms. The molecule has 0 saturated heterocycles. The maximum atomic E-state index is 12.5. The van der Waals surface area contributed by atoms with E-state index in [1.807, 2.05) is 20.8 Å². The van der Waals surface area contributed by atoms with Crippen LogP contribution in [0.3, 0.4) is 0 Å². The van der Waals surface area contributed by atoms with Crippen molar-refractivity contribution >= 4 is 0 Å². The van der Waals surface area contributed by atoms with E-state index in [1.54, 1.807) is 13.0 Å². The van der Waals surface area contributed by atoms with Gasteiger partial charge in [0.1, 0.15) is 0 Å². The second kappa shape index (κ2) is 4.75. The summed E-state index contributed by atoms with van der Waals surface area (Å²) >= 11 is 0.